The van der Waals surface area contributed by atoms with Gasteiger partial charge in [0, 0.05) is 4.88 Å². The van der Waals surface area contributed by atoms with Crippen LogP contribution in [0.1, 0.15) is 55.1 Å². The van der Waals surface area contributed by atoms with Gasteiger partial charge in [0.1, 0.15) is 6.10 Å². The van der Waals surface area contributed by atoms with Gasteiger partial charge in [-0.05, 0) is 55.2 Å². The smallest absolute Gasteiger partial charge is 0.109 e. The van der Waals surface area contributed by atoms with Crippen molar-refractivity contribution in [2.24, 2.45) is 0 Å². The van der Waals surface area contributed by atoms with Crippen molar-refractivity contribution < 1.29 is 5.11 Å². The quantitative estimate of drug-likeness (QED) is 0.756. The molecule has 0 radical (unpaired) electrons. The predicted molar refractivity (Wildman–Crippen MR) is 69.8 cm³/mol. The van der Waals surface area contributed by atoms with E-state index in [-0.39, 0.29) is 6.10 Å². The molecule has 1 aliphatic rings. The molecule has 0 aliphatic heterocycles. The summed E-state index contributed by atoms with van der Waals surface area (Å²) >= 11 is 1.67. The van der Waals surface area contributed by atoms with Crippen LogP contribution in [-0.2, 0) is 0 Å². The van der Waals surface area contributed by atoms with Crippen LogP contribution in [0.25, 0.3) is 0 Å². The van der Waals surface area contributed by atoms with Gasteiger partial charge < -0.3 is 5.11 Å². The number of rotatable bonds is 2. The molecule has 2 heteroatoms. The maximum absolute atomic E-state index is 10.4. The molecule has 0 amide bonds. The van der Waals surface area contributed by atoms with E-state index in [1.807, 2.05) is 0 Å². The summed E-state index contributed by atoms with van der Waals surface area (Å²) in [7, 11) is 0. The minimum Gasteiger partial charge on any atom is -0.383 e. The van der Waals surface area contributed by atoms with Gasteiger partial charge in [0.05, 0.1) is 0 Å². The van der Waals surface area contributed by atoms with Crippen molar-refractivity contribution in [3.63, 3.8) is 0 Å². The van der Waals surface area contributed by atoms with Crippen molar-refractivity contribution >= 4 is 11.3 Å². The summed E-state index contributed by atoms with van der Waals surface area (Å²) in [4.78, 5) is 1.13. The van der Waals surface area contributed by atoms with Crippen LogP contribution in [0.4, 0.5) is 0 Å². The van der Waals surface area contributed by atoms with E-state index in [1.54, 1.807) is 11.3 Å². The Labute approximate surface area is 102 Å². The van der Waals surface area contributed by atoms with Crippen LogP contribution in [0.2, 0.25) is 0 Å². The monoisotopic (exact) mass is 236 g/mol. The Hall–Kier alpha value is -0.600. The van der Waals surface area contributed by atoms with E-state index in [0.29, 0.717) is 0 Å². The minimum absolute atomic E-state index is 0.349. The number of thiophene rings is 1. The molecular weight excluding hydrogens is 216 g/mol. The second-order valence-corrected chi connectivity index (χ2v) is 5.55. The van der Waals surface area contributed by atoms with Crippen LogP contribution < -0.4 is 0 Å². The fourth-order valence-corrected chi connectivity index (χ4v) is 3.25. The van der Waals surface area contributed by atoms with Gasteiger partial charge in [0.2, 0.25) is 0 Å². The summed E-state index contributed by atoms with van der Waals surface area (Å²) in [6, 6.07) is 2.09. The van der Waals surface area contributed by atoms with E-state index < -0.39 is 0 Å². The summed E-state index contributed by atoms with van der Waals surface area (Å²) in [6.07, 6.45) is 9.29. The third kappa shape index (κ3) is 2.74. The molecule has 1 aromatic rings. The van der Waals surface area contributed by atoms with Crippen LogP contribution in [0.5, 0.6) is 0 Å². The van der Waals surface area contributed by atoms with Crippen LogP contribution in [0.15, 0.2) is 23.1 Å². The molecule has 0 spiro atoms. The van der Waals surface area contributed by atoms with Crippen LogP contribution >= 0.6 is 11.3 Å². The van der Waals surface area contributed by atoms with Gasteiger partial charge in [-0.15, -0.1) is 11.3 Å². The summed E-state index contributed by atoms with van der Waals surface area (Å²) < 4.78 is 0. The zero-order valence-electron chi connectivity index (χ0n) is 9.91. The van der Waals surface area contributed by atoms with Gasteiger partial charge in [0.15, 0.2) is 0 Å². The van der Waals surface area contributed by atoms with Crippen LogP contribution in [0.3, 0.4) is 0 Å². The average Bonchev–Trinajstić information content (AvgIpc) is 2.63. The topological polar surface area (TPSA) is 20.2 Å². The predicted octanol–water partition coefficient (Wildman–Crippen LogP) is 4.37. The van der Waals surface area contributed by atoms with E-state index in [4.69, 9.17) is 0 Å². The molecule has 1 unspecified atom stereocenters. The lowest BCUT2D eigenvalue weighted by Gasteiger charge is -2.17. The van der Waals surface area contributed by atoms with E-state index in [2.05, 4.69) is 24.4 Å². The Bertz CT molecular complexity index is 365. The molecule has 16 heavy (non-hydrogen) atoms. The largest absolute Gasteiger partial charge is 0.383 e. The Balaban J connectivity index is 2.13. The number of aliphatic hydroxyl groups is 1. The fraction of sp³-hybridized carbons (Fsp3) is 0.571. The van der Waals surface area contributed by atoms with Crippen molar-refractivity contribution in [1.29, 1.82) is 0 Å². The van der Waals surface area contributed by atoms with Gasteiger partial charge in [-0.1, -0.05) is 18.9 Å². The first-order chi connectivity index (χ1) is 7.79. The molecule has 0 saturated heterocycles. The molecule has 0 bridgehead atoms. The van der Waals surface area contributed by atoms with Crippen LogP contribution in [-0.4, -0.2) is 5.11 Å². The van der Waals surface area contributed by atoms with Gasteiger partial charge in [0.25, 0.3) is 0 Å². The SMILES string of the molecule is Cc1ccsc1C(O)/C1=C/CCCCCC1. The maximum atomic E-state index is 10.4. The summed E-state index contributed by atoms with van der Waals surface area (Å²) in [5.41, 5.74) is 2.46. The standard InChI is InChI=1S/C14H20OS/c1-11-9-10-16-14(11)13(15)12-7-5-3-2-4-6-8-12/h7,9-10,13,15H,2-6,8H2,1H3/b12-7+. The molecule has 1 aromatic heterocycles. The van der Waals surface area contributed by atoms with Gasteiger partial charge in [-0.2, -0.15) is 0 Å². The molecule has 0 saturated carbocycles. The minimum atomic E-state index is -0.349. The maximum Gasteiger partial charge on any atom is 0.109 e. The molecule has 0 fully saturated rings. The summed E-state index contributed by atoms with van der Waals surface area (Å²) in [5, 5.41) is 12.4. The molecule has 2 rings (SSSR count). The Morgan fingerprint density at radius 3 is 2.81 bits per heavy atom. The van der Waals surface area contributed by atoms with Crippen molar-refractivity contribution in [3.05, 3.63) is 33.5 Å². The van der Waals surface area contributed by atoms with E-state index >= 15 is 0 Å². The third-order valence-electron chi connectivity index (χ3n) is 3.33. The highest BCUT2D eigenvalue weighted by molar-refractivity contribution is 7.10. The first-order valence-electron chi connectivity index (χ1n) is 6.20. The van der Waals surface area contributed by atoms with Crippen molar-refractivity contribution in [2.45, 2.75) is 51.6 Å². The lowest BCUT2D eigenvalue weighted by Crippen LogP contribution is -2.03. The first-order valence-corrected chi connectivity index (χ1v) is 7.08. The third-order valence-corrected chi connectivity index (χ3v) is 4.40. The molecular formula is C14H20OS. The highest BCUT2D eigenvalue weighted by atomic mass is 32.1. The van der Waals surface area contributed by atoms with Crippen LogP contribution in [0, 0.1) is 6.92 Å². The number of hydrogen-bond donors (Lipinski definition) is 1. The van der Waals surface area contributed by atoms with E-state index in [9.17, 15) is 5.11 Å². The molecule has 1 atom stereocenters. The Kier molecular flexibility index (Phi) is 4.19. The first kappa shape index (κ1) is 11.9. The van der Waals surface area contributed by atoms with Gasteiger partial charge in [-0.3, -0.25) is 0 Å². The van der Waals surface area contributed by atoms with Crippen molar-refractivity contribution in [1.82, 2.24) is 0 Å². The zero-order valence-corrected chi connectivity index (χ0v) is 10.7. The molecule has 1 heterocycles. The van der Waals surface area contributed by atoms with E-state index in [1.165, 1.54) is 36.8 Å². The Morgan fingerprint density at radius 1 is 1.25 bits per heavy atom. The summed E-state index contributed by atoms with van der Waals surface area (Å²) in [5.74, 6) is 0. The molecule has 0 aromatic carbocycles. The van der Waals surface area contributed by atoms with Crippen molar-refractivity contribution in [3.8, 4) is 0 Å². The number of hydrogen-bond acceptors (Lipinski definition) is 2. The Morgan fingerprint density at radius 2 is 2.06 bits per heavy atom. The highest BCUT2D eigenvalue weighted by Gasteiger charge is 2.17. The number of aliphatic hydroxyl groups excluding tert-OH is 1. The second-order valence-electron chi connectivity index (χ2n) is 4.60. The zero-order chi connectivity index (χ0) is 11.4. The van der Waals surface area contributed by atoms with Crippen molar-refractivity contribution in [2.75, 3.05) is 0 Å². The second kappa shape index (κ2) is 5.65. The lowest BCUT2D eigenvalue weighted by molar-refractivity contribution is 0.212. The van der Waals surface area contributed by atoms with Gasteiger partial charge >= 0.3 is 0 Å². The normalized spacial score (nSPS) is 23.0. The fourth-order valence-electron chi connectivity index (χ4n) is 2.30. The summed E-state index contributed by atoms with van der Waals surface area (Å²) in [6.45, 7) is 2.08. The molecule has 88 valence electrons. The highest BCUT2D eigenvalue weighted by Crippen LogP contribution is 2.33. The average molecular weight is 236 g/mol. The molecule has 1 nitrogen and oxygen atoms in total. The molecule has 1 aliphatic carbocycles. The number of allylic oxidation sites excluding steroid dienone is 1. The lowest BCUT2D eigenvalue weighted by atomic mass is 9.95. The number of aryl methyl sites for hydroxylation is 1. The molecule has 1 N–H and O–H groups in total. The van der Waals surface area contributed by atoms with Gasteiger partial charge in [-0.25, -0.2) is 0 Å². The van der Waals surface area contributed by atoms with E-state index in [0.717, 1.165) is 17.7 Å².